The van der Waals surface area contributed by atoms with Gasteiger partial charge in [-0.1, -0.05) is 0 Å². The van der Waals surface area contributed by atoms with Gasteiger partial charge in [0.1, 0.15) is 6.54 Å². The molecule has 0 aromatic carbocycles. The van der Waals surface area contributed by atoms with Crippen LogP contribution in [0.2, 0.25) is 0 Å². The van der Waals surface area contributed by atoms with E-state index in [0.717, 1.165) is 25.8 Å². The zero-order valence-electron chi connectivity index (χ0n) is 11.0. The lowest BCUT2D eigenvalue weighted by Crippen LogP contribution is -2.54. The lowest BCUT2D eigenvalue weighted by molar-refractivity contribution is -0.122. The summed E-state index contributed by atoms with van der Waals surface area (Å²) in [5.74, 6) is -0.548. The predicted molar refractivity (Wildman–Crippen MR) is 70.3 cm³/mol. The van der Waals surface area contributed by atoms with Gasteiger partial charge < -0.3 is 16.4 Å². The first-order valence-electron chi connectivity index (χ1n) is 6.37. The van der Waals surface area contributed by atoms with E-state index in [2.05, 4.69) is 15.7 Å². The predicted octanol–water partition coefficient (Wildman–Crippen LogP) is -0.161. The standard InChI is InChI=1S/C12H19N5O2/c1-12(4-2-3-5-14-12)11(19)16-9-6-15-17(7-9)8-10(13)18/h6-7,14H,2-5,8H2,1H3,(H2,13,18)(H,16,19). The van der Waals surface area contributed by atoms with Gasteiger partial charge in [-0.3, -0.25) is 14.3 Å². The third-order valence-corrected chi connectivity index (χ3v) is 3.33. The Morgan fingerprint density at radius 2 is 2.37 bits per heavy atom. The highest BCUT2D eigenvalue weighted by Crippen LogP contribution is 2.20. The molecule has 1 aliphatic rings. The average Bonchev–Trinajstić information content (AvgIpc) is 2.76. The Balaban J connectivity index is 1.98. The summed E-state index contributed by atoms with van der Waals surface area (Å²) in [5.41, 5.74) is 5.11. The number of nitrogens with zero attached hydrogens (tertiary/aromatic N) is 2. The molecule has 0 spiro atoms. The molecular weight excluding hydrogens is 246 g/mol. The minimum atomic E-state index is -0.538. The van der Waals surface area contributed by atoms with Crippen molar-refractivity contribution < 1.29 is 9.59 Å². The Hall–Kier alpha value is -1.89. The van der Waals surface area contributed by atoms with Crippen molar-refractivity contribution in [2.45, 2.75) is 38.3 Å². The SMILES string of the molecule is CC1(C(=O)Nc2cnn(CC(N)=O)c2)CCCCN1. The van der Waals surface area contributed by atoms with E-state index >= 15 is 0 Å². The molecule has 1 atom stereocenters. The molecular formula is C12H19N5O2. The van der Waals surface area contributed by atoms with Gasteiger partial charge in [0.15, 0.2) is 0 Å². The highest BCUT2D eigenvalue weighted by atomic mass is 16.2. The van der Waals surface area contributed by atoms with Gasteiger partial charge in [-0.2, -0.15) is 5.10 Å². The van der Waals surface area contributed by atoms with Gasteiger partial charge in [-0.05, 0) is 32.7 Å². The molecule has 1 aromatic rings. The minimum Gasteiger partial charge on any atom is -0.368 e. The van der Waals surface area contributed by atoms with Crippen molar-refractivity contribution in [3.63, 3.8) is 0 Å². The highest BCUT2D eigenvalue weighted by Gasteiger charge is 2.34. The molecule has 7 heteroatoms. The molecule has 1 saturated heterocycles. The van der Waals surface area contributed by atoms with Crippen LogP contribution in [0, 0.1) is 0 Å². The van der Waals surface area contributed by atoms with Crippen LogP contribution in [0.4, 0.5) is 5.69 Å². The van der Waals surface area contributed by atoms with Crippen molar-refractivity contribution in [1.29, 1.82) is 0 Å². The van der Waals surface area contributed by atoms with Crippen LogP contribution in [-0.4, -0.2) is 33.7 Å². The van der Waals surface area contributed by atoms with Crippen molar-refractivity contribution in [3.05, 3.63) is 12.4 Å². The van der Waals surface area contributed by atoms with Crippen LogP contribution >= 0.6 is 0 Å². The zero-order chi connectivity index (χ0) is 13.9. The molecule has 104 valence electrons. The summed E-state index contributed by atoms with van der Waals surface area (Å²) < 4.78 is 1.40. The number of piperidine rings is 1. The molecule has 1 unspecified atom stereocenters. The number of rotatable bonds is 4. The van der Waals surface area contributed by atoms with E-state index < -0.39 is 11.4 Å². The second kappa shape index (κ2) is 5.40. The van der Waals surface area contributed by atoms with Crippen LogP contribution in [0.25, 0.3) is 0 Å². The minimum absolute atomic E-state index is 0.00535. The van der Waals surface area contributed by atoms with Crippen LogP contribution in [0.5, 0.6) is 0 Å². The van der Waals surface area contributed by atoms with Crippen LogP contribution in [0.1, 0.15) is 26.2 Å². The lowest BCUT2D eigenvalue weighted by atomic mass is 9.90. The molecule has 0 bridgehead atoms. The molecule has 0 radical (unpaired) electrons. The van der Waals surface area contributed by atoms with Crippen LogP contribution in [-0.2, 0) is 16.1 Å². The molecule has 7 nitrogen and oxygen atoms in total. The van der Waals surface area contributed by atoms with Gasteiger partial charge in [0.2, 0.25) is 11.8 Å². The molecule has 1 fully saturated rings. The van der Waals surface area contributed by atoms with Crippen molar-refractivity contribution >= 4 is 17.5 Å². The third kappa shape index (κ3) is 3.31. The highest BCUT2D eigenvalue weighted by molar-refractivity contribution is 5.97. The number of primary amides is 1. The van der Waals surface area contributed by atoms with E-state index in [1.54, 1.807) is 6.20 Å². The average molecular weight is 265 g/mol. The molecule has 1 aromatic heterocycles. The van der Waals surface area contributed by atoms with E-state index in [1.807, 2.05) is 6.92 Å². The van der Waals surface area contributed by atoms with Gasteiger partial charge in [-0.25, -0.2) is 0 Å². The number of amides is 2. The monoisotopic (exact) mass is 265 g/mol. The summed E-state index contributed by atoms with van der Waals surface area (Å²) in [6.45, 7) is 2.76. The fraction of sp³-hybridized carbons (Fsp3) is 0.583. The Morgan fingerprint density at radius 1 is 1.58 bits per heavy atom. The van der Waals surface area contributed by atoms with Crippen molar-refractivity contribution in [2.75, 3.05) is 11.9 Å². The van der Waals surface area contributed by atoms with Crippen LogP contribution < -0.4 is 16.4 Å². The smallest absolute Gasteiger partial charge is 0.244 e. The van der Waals surface area contributed by atoms with Gasteiger partial charge >= 0.3 is 0 Å². The maximum absolute atomic E-state index is 12.2. The number of nitrogens with one attached hydrogen (secondary N) is 2. The van der Waals surface area contributed by atoms with E-state index in [4.69, 9.17) is 5.73 Å². The Bertz CT molecular complexity index is 476. The van der Waals surface area contributed by atoms with Crippen molar-refractivity contribution in [2.24, 2.45) is 5.73 Å². The number of carbonyl (C=O) groups excluding carboxylic acids is 2. The molecule has 2 amide bonds. The first-order valence-corrected chi connectivity index (χ1v) is 6.37. The Labute approximate surface area is 111 Å². The topological polar surface area (TPSA) is 102 Å². The summed E-state index contributed by atoms with van der Waals surface area (Å²) in [6, 6.07) is 0. The van der Waals surface area contributed by atoms with Crippen molar-refractivity contribution in [1.82, 2.24) is 15.1 Å². The molecule has 1 aliphatic heterocycles. The largest absolute Gasteiger partial charge is 0.368 e. The number of hydrogen-bond donors (Lipinski definition) is 3. The summed E-state index contributed by atoms with van der Waals surface area (Å²) in [7, 11) is 0. The van der Waals surface area contributed by atoms with Gasteiger partial charge in [0, 0.05) is 6.20 Å². The first kappa shape index (κ1) is 13.5. The summed E-state index contributed by atoms with van der Waals surface area (Å²) in [6.07, 6.45) is 6.05. The lowest BCUT2D eigenvalue weighted by Gasteiger charge is -2.33. The van der Waals surface area contributed by atoms with E-state index in [1.165, 1.54) is 10.9 Å². The molecule has 0 saturated carbocycles. The maximum Gasteiger partial charge on any atom is 0.244 e. The Morgan fingerprint density at radius 3 is 3.00 bits per heavy atom. The fourth-order valence-corrected chi connectivity index (χ4v) is 2.19. The normalized spacial score (nSPS) is 23.0. The van der Waals surface area contributed by atoms with E-state index in [9.17, 15) is 9.59 Å². The van der Waals surface area contributed by atoms with Crippen molar-refractivity contribution in [3.8, 4) is 0 Å². The molecule has 4 N–H and O–H groups in total. The van der Waals surface area contributed by atoms with Gasteiger partial charge in [0.05, 0.1) is 17.4 Å². The number of aromatic nitrogens is 2. The van der Waals surface area contributed by atoms with Gasteiger partial charge in [-0.15, -0.1) is 0 Å². The number of hydrogen-bond acceptors (Lipinski definition) is 4. The summed E-state index contributed by atoms with van der Waals surface area (Å²) in [5, 5.41) is 10.0. The molecule has 2 rings (SSSR count). The number of nitrogens with two attached hydrogens (primary N) is 1. The molecule has 2 heterocycles. The van der Waals surface area contributed by atoms with Gasteiger partial charge in [0.25, 0.3) is 0 Å². The maximum atomic E-state index is 12.2. The molecule has 0 aliphatic carbocycles. The van der Waals surface area contributed by atoms with E-state index in [-0.39, 0.29) is 12.5 Å². The first-order chi connectivity index (χ1) is 8.99. The zero-order valence-corrected chi connectivity index (χ0v) is 11.0. The number of anilines is 1. The van der Waals surface area contributed by atoms with Crippen LogP contribution in [0.3, 0.4) is 0 Å². The Kier molecular flexibility index (Phi) is 3.84. The fourth-order valence-electron chi connectivity index (χ4n) is 2.19. The number of carbonyl (C=O) groups is 2. The third-order valence-electron chi connectivity index (χ3n) is 3.33. The quantitative estimate of drug-likeness (QED) is 0.704. The summed E-state index contributed by atoms with van der Waals surface area (Å²) in [4.78, 5) is 23.0. The second-order valence-corrected chi connectivity index (χ2v) is 5.06. The van der Waals surface area contributed by atoms with E-state index in [0.29, 0.717) is 5.69 Å². The molecule has 19 heavy (non-hydrogen) atoms. The second-order valence-electron chi connectivity index (χ2n) is 5.06. The summed E-state index contributed by atoms with van der Waals surface area (Å²) >= 11 is 0. The van der Waals surface area contributed by atoms with Crippen LogP contribution in [0.15, 0.2) is 12.4 Å².